The molecule has 0 fully saturated rings. The van der Waals surface area contributed by atoms with Gasteiger partial charge in [0.2, 0.25) is 5.91 Å². The summed E-state index contributed by atoms with van der Waals surface area (Å²) in [6.45, 7) is 1.51. The third-order valence-electron chi connectivity index (χ3n) is 2.96. The Hall–Kier alpha value is -2.41. The predicted octanol–water partition coefficient (Wildman–Crippen LogP) is 1.69. The number of hydrogen-bond acceptors (Lipinski definition) is 4. The van der Waals surface area contributed by atoms with Gasteiger partial charge in [-0.25, -0.2) is 0 Å². The van der Waals surface area contributed by atoms with Crippen LogP contribution in [0.25, 0.3) is 0 Å². The van der Waals surface area contributed by atoms with Crippen molar-refractivity contribution in [1.29, 1.82) is 0 Å². The number of rotatable bonds is 5. The van der Waals surface area contributed by atoms with Crippen molar-refractivity contribution in [1.82, 2.24) is 5.32 Å². The van der Waals surface area contributed by atoms with Crippen LogP contribution in [0.2, 0.25) is 0 Å². The first-order valence-electron chi connectivity index (χ1n) is 6.53. The number of anilines is 1. The molecule has 0 aliphatic carbocycles. The molecule has 1 heterocycles. The Kier molecular flexibility index (Phi) is 5.11. The second-order valence-corrected chi connectivity index (χ2v) is 5.98. The van der Waals surface area contributed by atoms with E-state index in [0.717, 1.165) is 0 Å². The van der Waals surface area contributed by atoms with Crippen LogP contribution in [-0.2, 0) is 15.6 Å². The molecular formula is C15H16N2O4S. The molecule has 2 amide bonds. The van der Waals surface area contributed by atoms with Gasteiger partial charge >= 0.3 is 0 Å². The number of amides is 2. The van der Waals surface area contributed by atoms with E-state index in [1.807, 2.05) is 0 Å². The second-order valence-electron chi connectivity index (χ2n) is 4.60. The summed E-state index contributed by atoms with van der Waals surface area (Å²) in [6, 6.07) is 8.30. The van der Waals surface area contributed by atoms with Crippen molar-refractivity contribution in [2.45, 2.75) is 11.8 Å². The predicted molar refractivity (Wildman–Crippen MR) is 83.2 cm³/mol. The van der Waals surface area contributed by atoms with Crippen LogP contribution in [0.15, 0.2) is 45.9 Å². The molecule has 1 aromatic carbocycles. The summed E-state index contributed by atoms with van der Waals surface area (Å²) in [5, 5.41) is 5.15. The first kappa shape index (κ1) is 16.0. The highest BCUT2D eigenvalue weighted by atomic mass is 32.2. The second kappa shape index (κ2) is 7.04. The van der Waals surface area contributed by atoms with Gasteiger partial charge in [-0.3, -0.25) is 13.8 Å². The van der Waals surface area contributed by atoms with E-state index in [1.54, 1.807) is 43.5 Å². The zero-order valence-corrected chi connectivity index (χ0v) is 13.0. The number of aryl methyl sites for hydroxylation is 1. The Morgan fingerprint density at radius 1 is 1.27 bits per heavy atom. The maximum atomic E-state index is 11.8. The highest BCUT2D eigenvalue weighted by molar-refractivity contribution is 7.84. The van der Waals surface area contributed by atoms with E-state index in [4.69, 9.17) is 4.42 Å². The maximum Gasteiger partial charge on any atom is 0.255 e. The van der Waals surface area contributed by atoms with E-state index in [1.165, 1.54) is 6.26 Å². The van der Waals surface area contributed by atoms with Gasteiger partial charge in [0.1, 0.15) is 5.76 Å². The number of furan rings is 1. The normalized spacial score (nSPS) is 11.7. The lowest BCUT2D eigenvalue weighted by Gasteiger charge is -2.07. The number of benzene rings is 1. The molecule has 2 N–H and O–H groups in total. The molecule has 22 heavy (non-hydrogen) atoms. The minimum atomic E-state index is -1.12. The number of hydrogen-bond donors (Lipinski definition) is 2. The van der Waals surface area contributed by atoms with Gasteiger partial charge in [-0.05, 0) is 31.2 Å². The lowest BCUT2D eigenvalue weighted by molar-refractivity contribution is -0.115. The summed E-state index contributed by atoms with van der Waals surface area (Å²) in [4.78, 5) is 24.3. The lowest BCUT2D eigenvalue weighted by atomic mass is 10.2. The summed E-state index contributed by atoms with van der Waals surface area (Å²) < 4.78 is 16.4. The summed E-state index contributed by atoms with van der Waals surface area (Å²) in [5.74, 6) is -0.241. The number of nitrogens with one attached hydrogen (secondary N) is 2. The molecule has 0 spiro atoms. The Balaban J connectivity index is 1.91. The van der Waals surface area contributed by atoms with Gasteiger partial charge in [-0.1, -0.05) is 6.07 Å². The summed E-state index contributed by atoms with van der Waals surface area (Å²) in [5.41, 5.74) is 0.933. The van der Waals surface area contributed by atoms with Gasteiger partial charge in [0.05, 0.1) is 18.4 Å². The van der Waals surface area contributed by atoms with Crippen LogP contribution in [0.4, 0.5) is 5.69 Å². The van der Waals surface area contributed by atoms with Crippen molar-refractivity contribution >= 4 is 28.3 Å². The zero-order valence-electron chi connectivity index (χ0n) is 12.2. The van der Waals surface area contributed by atoms with Crippen molar-refractivity contribution in [3.8, 4) is 0 Å². The van der Waals surface area contributed by atoms with Crippen molar-refractivity contribution in [2.75, 3.05) is 18.1 Å². The quantitative estimate of drug-likeness (QED) is 0.877. The molecule has 0 unspecified atom stereocenters. The molecule has 2 rings (SSSR count). The molecule has 0 aliphatic heterocycles. The monoisotopic (exact) mass is 320 g/mol. The first-order valence-corrected chi connectivity index (χ1v) is 8.09. The van der Waals surface area contributed by atoms with E-state index < -0.39 is 10.8 Å². The van der Waals surface area contributed by atoms with Crippen molar-refractivity contribution in [2.24, 2.45) is 0 Å². The molecule has 0 aliphatic rings. The Morgan fingerprint density at radius 3 is 2.68 bits per heavy atom. The van der Waals surface area contributed by atoms with Crippen LogP contribution in [0.1, 0.15) is 16.1 Å². The molecule has 0 saturated carbocycles. The number of carbonyl (C=O) groups is 2. The smallest absolute Gasteiger partial charge is 0.255 e. The minimum Gasteiger partial charge on any atom is -0.469 e. The maximum absolute atomic E-state index is 11.8. The van der Waals surface area contributed by atoms with Crippen LogP contribution in [-0.4, -0.2) is 28.8 Å². The third-order valence-corrected chi connectivity index (χ3v) is 3.88. The van der Waals surface area contributed by atoms with Gasteiger partial charge in [0.25, 0.3) is 5.91 Å². The van der Waals surface area contributed by atoms with Crippen LogP contribution < -0.4 is 10.6 Å². The summed E-state index contributed by atoms with van der Waals surface area (Å²) >= 11 is 0. The molecule has 116 valence electrons. The van der Waals surface area contributed by atoms with E-state index in [2.05, 4.69) is 10.6 Å². The van der Waals surface area contributed by atoms with Crippen LogP contribution in [0.5, 0.6) is 0 Å². The van der Waals surface area contributed by atoms with E-state index >= 15 is 0 Å². The van der Waals surface area contributed by atoms with E-state index in [0.29, 0.717) is 21.9 Å². The average Bonchev–Trinajstić information content (AvgIpc) is 2.91. The van der Waals surface area contributed by atoms with E-state index in [9.17, 15) is 13.8 Å². The Labute approximate surface area is 130 Å². The molecule has 0 radical (unpaired) electrons. The summed E-state index contributed by atoms with van der Waals surface area (Å²) in [6.07, 6.45) is 2.98. The highest BCUT2D eigenvalue weighted by Crippen LogP contribution is 2.13. The molecule has 1 aromatic heterocycles. The third kappa shape index (κ3) is 4.05. The minimum absolute atomic E-state index is 0.164. The average molecular weight is 320 g/mol. The van der Waals surface area contributed by atoms with Crippen LogP contribution >= 0.6 is 0 Å². The van der Waals surface area contributed by atoms with Gasteiger partial charge in [-0.15, -0.1) is 0 Å². The molecule has 0 bridgehead atoms. The van der Waals surface area contributed by atoms with Gasteiger partial charge in [0, 0.05) is 27.6 Å². The van der Waals surface area contributed by atoms with Crippen LogP contribution in [0, 0.1) is 6.92 Å². The Morgan fingerprint density at radius 2 is 2.05 bits per heavy atom. The lowest BCUT2D eigenvalue weighted by Crippen LogP contribution is -2.32. The van der Waals surface area contributed by atoms with Gasteiger partial charge < -0.3 is 15.1 Å². The molecule has 7 heteroatoms. The Bertz CT molecular complexity index is 724. The highest BCUT2D eigenvalue weighted by Gasteiger charge is 2.12. The fraction of sp³-hybridized carbons (Fsp3) is 0.200. The zero-order chi connectivity index (χ0) is 16.1. The van der Waals surface area contributed by atoms with Crippen molar-refractivity contribution in [3.63, 3.8) is 0 Å². The summed E-state index contributed by atoms with van der Waals surface area (Å²) in [7, 11) is -1.12. The molecule has 2 aromatic rings. The fourth-order valence-electron chi connectivity index (χ4n) is 1.83. The van der Waals surface area contributed by atoms with E-state index in [-0.39, 0.29) is 18.4 Å². The van der Waals surface area contributed by atoms with Crippen molar-refractivity contribution < 1.29 is 18.2 Å². The fourth-order valence-corrected chi connectivity index (χ4v) is 2.40. The van der Waals surface area contributed by atoms with Crippen molar-refractivity contribution in [3.05, 3.63) is 47.9 Å². The molecule has 6 nitrogen and oxygen atoms in total. The first-order chi connectivity index (χ1) is 10.5. The van der Waals surface area contributed by atoms with Gasteiger partial charge in [-0.2, -0.15) is 0 Å². The standard InChI is InChI=1S/C15H16N2O4S/c1-10-13(6-7-21-10)15(19)16-9-14(18)17-11-4-3-5-12(8-11)22(2)20/h3-8H,9H2,1-2H3,(H,16,19)(H,17,18)/t22-/m1/s1. The molecule has 1 atom stereocenters. The molecule has 0 saturated heterocycles. The largest absolute Gasteiger partial charge is 0.469 e. The topological polar surface area (TPSA) is 88.4 Å². The van der Waals surface area contributed by atoms with Crippen LogP contribution in [0.3, 0.4) is 0 Å². The molecular weight excluding hydrogens is 304 g/mol. The van der Waals surface area contributed by atoms with Gasteiger partial charge in [0.15, 0.2) is 0 Å². The number of carbonyl (C=O) groups excluding carboxylic acids is 2. The SMILES string of the molecule is Cc1occc1C(=O)NCC(=O)Nc1cccc([S@@](C)=O)c1.